The molecule has 2 saturated heterocycles. The van der Waals surface area contributed by atoms with Crippen molar-refractivity contribution in [3.8, 4) is 0 Å². The Bertz CT molecular complexity index is 966. The first-order valence-electron chi connectivity index (χ1n) is 9.49. The molecule has 0 radical (unpaired) electrons. The lowest BCUT2D eigenvalue weighted by Crippen LogP contribution is -2.54. The molecule has 1 aromatic carbocycles. The number of nitrogens with one attached hydrogen (secondary N) is 2. The van der Waals surface area contributed by atoms with E-state index in [1.165, 1.54) is 6.07 Å². The predicted octanol–water partition coefficient (Wildman–Crippen LogP) is -0.121. The van der Waals surface area contributed by atoms with Gasteiger partial charge in [-0.05, 0) is 24.1 Å². The van der Waals surface area contributed by atoms with E-state index in [2.05, 4.69) is 10.6 Å². The fraction of sp³-hybridized carbons (Fsp3) is 0.474. The van der Waals surface area contributed by atoms with Crippen molar-refractivity contribution in [3.05, 3.63) is 34.9 Å². The van der Waals surface area contributed by atoms with E-state index in [1.807, 2.05) is 0 Å². The summed E-state index contributed by atoms with van der Waals surface area (Å²) in [6.07, 6.45) is 0.136. The van der Waals surface area contributed by atoms with Crippen LogP contribution in [0, 0.1) is 0 Å². The van der Waals surface area contributed by atoms with Crippen molar-refractivity contribution in [2.75, 3.05) is 13.1 Å². The van der Waals surface area contributed by atoms with Gasteiger partial charge in [0.15, 0.2) is 0 Å². The maximum absolute atomic E-state index is 13.8. The van der Waals surface area contributed by atoms with Gasteiger partial charge >= 0.3 is 0 Å². The standard InChI is InChI=1S/C19H18F2N4O4/c20-19(21)14-15(19)24(6-5-22-14)8-9-1-2-10-11(7-9)18(29)25(17(10)28)12-3-4-13(26)23-16(12)27/h1-2,7,12,14-15,22H,3-6,8H2,(H,23,26,27). The monoisotopic (exact) mass is 404 g/mol. The summed E-state index contributed by atoms with van der Waals surface area (Å²) in [5, 5.41) is 4.96. The SMILES string of the molecule is O=C1CCC(N2C(=O)c3ccc(CN4CCNC5C4C5(F)F)cc3C2=O)C(=O)N1. The average Bonchev–Trinajstić information content (AvgIpc) is 3.16. The molecule has 0 aromatic heterocycles. The number of carbonyl (C=O) groups excluding carboxylic acids is 4. The summed E-state index contributed by atoms with van der Waals surface area (Å²) >= 11 is 0. The summed E-state index contributed by atoms with van der Waals surface area (Å²) in [6.45, 7) is 1.16. The van der Waals surface area contributed by atoms with Crippen LogP contribution < -0.4 is 10.6 Å². The van der Waals surface area contributed by atoms with Gasteiger partial charge in [-0.2, -0.15) is 0 Å². The molecule has 0 bridgehead atoms. The second-order valence-corrected chi connectivity index (χ2v) is 7.85. The lowest BCUT2D eigenvalue weighted by atomic mass is 10.0. The summed E-state index contributed by atoms with van der Waals surface area (Å²) in [7, 11) is 0. The molecule has 4 amide bonds. The Labute approximate surface area is 164 Å². The van der Waals surface area contributed by atoms with Gasteiger partial charge in [0.1, 0.15) is 6.04 Å². The van der Waals surface area contributed by atoms with E-state index in [0.29, 0.717) is 18.7 Å². The average molecular weight is 404 g/mol. The zero-order valence-electron chi connectivity index (χ0n) is 15.3. The summed E-state index contributed by atoms with van der Waals surface area (Å²) in [5.41, 5.74) is 0.989. The Hall–Kier alpha value is -2.72. The minimum absolute atomic E-state index is 0.0504. The number of hydrogen-bond acceptors (Lipinski definition) is 6. The van der Waals surface area contributed by atoms with Crippen LogP contribution in [0.5, 0.6) is 0 Å². The zero-order chi connectivity index (χ0) is 20.5. The Kier molecular flexibility index (Phi) is 3.88. The van der Waals surface area contributed by atoms with Gasteiger partial charge in [-0.25, -0.2) is 8.78 Å². The van der Waals surface area contributed by atoms with E-state index in [9.17, 15) is 28.0 Å². The van der Waals surface area contributed by atoms with E-state index < -0.39 is 47.7 Å². The number of amides is 4. The molecular weight excluding hydrogens is 386 g/mol. The number of rotatable bonds is 3. The highest BCUT2D eigenvalue weighted by Crippen LogP contribution is 2.48. The van der Waals surface area contributed by atoms with Gasteiger partial charge < -0.3 is 5.32 Å². The minimum atomic E-state index is -2.76. The van der Waals surface area contributed by atoms with E-state index in [1.54, 1.807) is 17.0 Å². The number of fused-ring (bicyclic) bond motifs is 2. The number of carbonyl (C=O) groups is 4. The molecule has 29 heavy (non-hydrogen) atoms. The van der Waals surface area contributed by atoms with Crippen molar-refractivity contribution in [2.24, 2.45) is 0 Å². The molecular formula is C19H18F2N4O4. The number of benzene rings is 1. The first-order chi connectivity index (χ1) is 13.8. The molecule has 0 spiro atoms. The number of hydrogen-bond donors (Lipinski definition) is 2. The number of piperazine rings is 1. The number of piperidine rings is 1. The van der Waals surface area contributed by atoms with Gasteiger partial charge in [0.2, 0.25) is 11.8 Å². The topological polar surface area (TPSA) is 98.8 Å². The molecule has 2 N–H and O–H groups in total. The van der Waals surface area contributed by atoms with Gasteiger partial charge in [-0.1, -0.05) is 6.07 Å². The number of nitrogens with zero attached hydrogens (tertiary/aromatic N) is 2. The highest BCUT2D eigenvalue weighted by atomic mass is 19.3. The second-order valence-electron chi connectivity index (χ2n) is 7.85. The zero-order valence-corrected chi connectivity index (χ0v) is 15.3. The number of alkyl halides is 2. The van der Waals surface area contributed by atoms with E-state index >= 15 is 0 Å². The molecule has 3 aliphatic heterocycles. The Morgan fingerprint density at radius 3 is 2.62 bits per heavy atom. The molecule has 3 heterocycles. The molecule has 1 aliphatic carbocycles. The normalized spacial score (nSPS) is 30.8. The van der Waals surface area contributed by atoms with Crippen LogP contribution in [0.15, 0.2) is 18.2 Å². The van der Waals surface area contributed by atoms with Gasteiger partial charge in [0.05, 0.1) is 23.2 Å². The number of halogens is 2. The Morgan fingerprint density at radius 2 is 1.86 bits per heavy atom. The highest BCUT2D eigenvalue weighted by molar-refractivity contribution is 6.23. The smallest absolute Gasteiger partial charge is 0.281 e. The summed E-state index contributed by atoms with van der Waals surface area (Å²) in [4.78, 5) is 51.6. The third-order valence-electron chi connectivity index (χ3n) is 6.06. The molecule has 5 rings (SSSR count). The summed E-state index contributed by atoms with van der Waals surface area (Å²) < 4.78 is 27.7. The first-order valence-corrected chi connectivity index (χ1v) is 9.49. The maximum atomic E-state index is 13.8. The third kappa shape index (κ3) is 2.70. The molecule has 1 aromatic rings. The van der Waals surface area contributed by atoms with Crippen molar-refractivity contribution in [1.82, 2.24) is 20.4 Å². The van der Waals surface area contributed by atoms with Crippen molar-refractivity contribution >= 4 is 23.6 Å². The molecule has 1 saturated carbocycles. The highest BCUT2D eigenvalue weighted by Gasteiger charge is 2.71. The largest absolute Gasteiger partial charge is 0.306 e. The van der Waals surface area contributed by atoms with Crippen LogP contribution in [0.3, 0.4) is 0 Å². The molecule has 8 nitrogen and oxygen atoms in total. The van der Waals surface area contributed by atoms with Crippen LogP contribution in [0.25, 0.3) is 0 Å². The van der Waals surface area contributed by atoms with Crippen LogP contribution in [0.2, 0.25) is 0 Å². The molecule has 3 atom stereocenters. The Balaban J connectivity index is 1.37. The molecule has 10 heteroatoms. The Morgan fingerprint density at radius 1 is 1.10 bits per heavy atom. The van der Waals surface area contributed by atoms with Gasteiger partial charge in [0, 0.05) is 26.1 Å². The van der Waals surface area contributed by atoms with E-state index in [4.69, 9.17) is 0 Å². The molecule has 152 valence electrons. The van der Waals surface area contributed by atoms with E-state index in [-0.39, 0.29) is 30.5 Å². The first kappa shape index (κ1) is 18.3. The second kappa shape index (κ2) is 6.14. The van der Waals surface area contributed by atoms with Crippen LogP contribution in [0.4, 0.5) is 8.78 Å². The minimum Gasteiger partial charge on any atom is -0.306 e. The van der Waals surface area contributed by atoms with Crippen LogP contribution >= 0.6 is 0 Å². The van der Waals surface area contributed by atoms with Gasteiger partial charge in [-0.3, -0.25) is 34.3 Å². The van der Waals surface area contributed by atoms with Crippen molar-refractivity contribution in [3.63, 3.8) is 0 Å². The van der Waals surface area contributed by atoms with Crippen LogP contribution in [0.1, 0.15) is 39.1 Å². The maximum Gasteiger partial charge on any atom is 0.281 e. The van der Waals surface area contributed by atoms with Gasteiger partial charge in [0.25, 0.3) is 17.7 Å². The van der Waals surface area contributed by atoms with Crippen molar-refractivity contribution < 1.29 is 28.0 Å². The third-order valence-corrected chi connectivity index (χ3v) is 6.06. The quantitative estimate of drug-likeness (QED) is 0.682. The summed E-state index contributed by atoms with van der Waals surface area (Å²) in [5.74, 6) is -5.05. The van der Waals surface area contributed by atoms with Crippen molar-refractivity contribution in [1.29, 1.82) is 0 Å². The fourth-order valence-electron chi connectivity index (χ4n) is 4.54. The molecule has 3 unspecified atom stereocenters. The number of imide groups is 2. The van der Waals surface area contributed by atoms with Crippen LogP contribution in [-0.4, -0.2) is 70.6 Å². The predicted molar refractivity (Wildman–Crippen MR) is 94.0 cm³/mol. The van der Waals surface area contributed by atoms with Crippen molar-refractivity contribution in [2.45, 2.75) is 43.4 Å². The van der Waals surface area contributed by atoms with E-state index in [0.717, 1.165) is 4.90 Å². The fourth-order valence-corrected chi connectivity index (χ4v) is 4.54. The lowest BCUT2D eigenvalue weighted by Gasteiger charge is -2.27. The lowest BCUT2D eigenvalue weighted by molar-refractivity contribution is -0.136. The summed E-state index contributed by atoms with van der Waals surface area (Å²) in [6, 6.07) is 1.97. The molecule has 4 aliphatic rings. The van der Waals surface area contributed by atoms with Gasteiger partial charge in [-0.15, -0.1) is 0 Å². The van der Waals surface area contributed by atoms with Crippen LogP contribution in [-0.2, 0) is 16.1 Å². The molecule has 3 fully saturated rings.